The molecule has 0 bridgehead atoms. The lowest BCUT2D eigenvalue weighted by Crippen LogP contribution is -1.98. The molecule has 0 radical (unpaired) electrons. The molecule has 0 unspecified atom stereocenters. The molecule has 3 nitrogen and oxygen atoms in total. The van der Waals surface area contributed by atoms with E-state index in [-0.39, 0.29) is 5.76 Å². The number of hydrogen-bond donors (Lipinski definition) is 1. The van der Waals surface area contributed by atoms with Crippen molar-refractivity contribution < 1.29 is 4.42 Å². The van der Waals surface area contributed by atoms with Gasteiger partial charge in [-0.15, -0.1) is 0 Å². The Kier molecular flexibility index (Phi) is 1.29. The van der Waals surface area contributed by atoms with E-state index < -0.39 is 0 Å². The second-order valence-electron chi connectivity index (χ2n) is 4.29. The molecule has 1 aliphatic rings. The third-order valence-corrected chi connectivity index (χ3v) is 3.12. The number of aromatic amines is 1. The second kappa shape index (κ2) is 2.29. The summed E-state index contributed by atoms with van der Waals surface area (Å²) in [6.07, 6.45) is 2.46. The van der Waals surface area contributed by atoms with Gasteiger partial charge in [-0.1, -0.05) is 13.0 Å². The zero-order chi connectivity index (χ0) is 9.76. The highest BCUT2D eigenvalue weighted by atomic mass is 16.4. The van der Waals surface area contributed by atoms with E-state index in [1.807, 2.05) is 12.1 Å². The molecule has 3 rings (SSSR count). The molecule has 1 N–H and O–H groups in total. The summed E-state index contributed by atoms with van der Waals surface area (Å²) >= 11 is 0. The maximum atomic E-state index is 10.9. The predicted molar refractivity (Wildman–Crippen MR) is 53.4 cm³/mol. The highest BCUT2D eigenvalue weighted by Crippen LogP contribution is 2.47. The fourth-order valence-electron chi connectivity index (χ4n) is 1.80. The number of benzene rings is 1. The number of H-pyrrole nitrogens is 1. The molecule has 1 aliphatic carbocycles. The van der Waals surface area contributed by atoms with Crippen molar-refractivity contribution in [3.63, 3.8) is 0 Å². The molecule has 0 aliphatic heterocycles. The van der Waals surface area contributed by atoms with E-state index in [4.69, 9.17) is 4.42 Å². The van der Waals surface area contributed by atoms with Crippen LogP contribution < -0.4 is 5.76 Å². The molecule has 0 atom stereocenters. The van der Waals surface area contributed by atoms with Gasteiger partial charge in [0.15, 0.2) is 5.58 Å². The third-order valence-electron chi connectivity index (χ3n) is 3.12. The Labute approximate surface area is 80.7 Å². The van der Waals surface area contributed by atoms with Crippen molar-refractivity contribution in [3.8, 4) is 0 Å². The van der Waals surface area contributed by atoms with Gasteiger partial charge in [0.2, 0.25) is 0 Å². The number of aromatic nitrogens is 1. The van der Waals surface area contributed by atoms with Gasteiger partial charge in [0.05, 0.1) is 5.52 Å². The highest BCUT2D eigenvalue weighted by molar-refractivity contribution is 5.73. The van der Waals surface area contributed by atoms with Crippen molar-refractivity contribution in [2.75, 3.05) is 0 Å². The Morgan fingerprint density at radius 1 is 1.43 bits per heavy atom. The molecule has 0 amide bonds. The van der Waals surface area contributed by atoms with Gasteiger partial charge in [-0.2, -0.15) is 0 Å². The van der Waals surface area contributed by atoms with Gasteiger partial charge in [-0.25, -0.2) is 4.79 Å². The summed E-state index contributed by atoms with van der Waals surface area (Å²) in [6.45, 7) is 2.24. The minimum Gasteiger partial charge on any atom is -0.408 e. The average molecular weight is 189 g/mol. The van der Waals surface area contributed by atoms with Crippen LogP contribution in [-0.4, -0.2) is 4.98 Å². The molecule has 1 aromatic heterocycles. The van der Waals surface area contributed by atoms with Crippen LogP contribution in [0.1, 0.15) is 25.3 Å². The molecule has 1 aromatic carbocycles. The molecule has 1 fully saturated rings. The summed E-state index contributed by atoms with van der Waals surface area (Å²) in [6, 6.07) is 5.96. The third kappa shape index (κ3) is 1.02. The number of rotatable bonds is 1. The monoisotopic (exact) mass is 189 g/mol. The summed E-state index contributed by atoms with van der Waals surface area (Å²) in [4.78, 5) is 13.6. The predicted octanol–water partition coefficient (Wildman–Crippen LogP) is 2.17. The van der Waals surface area contributed by atoms with Gasteiger partial charge in [0.25, 0.3) is 0 Å². The van der Waals surface area contributed by atoms with E-state index in [9.17, 15) is 4.79 Å². The van der Waals surface area contributed by atoms with Crippen LogP contribution in [0.4, 0.5) is 0 Å². The van der Waals surface area contributed by atoms with E-state index >= 15 is 0 Å². The number of fused-ring (bicyclic) bond motifs is 1. The molecule has 72 valence electrons. The fourth-order valence-corrected chi connectivity index (χ4v) is 1.80. The SMILES string of the molecule is CC1(c2ccc3[nH]c(=O)oc3c2)CC1. The normalized spacial score (nSPS) is 18.6. The van der Waals surface area contributed by atoms with Crippen molar-refractivity contribution in [1.82, 2.24) is 4.98 Å². The molecule has 14 heavy (non-hydrogen) atoms. The Bertz CT molecular complexity index is 546. The summed E-state index contributed by atoms with van der Waals surface area (Å²) in [5, 5.41) is 0. The number of oxazole rings is 1. The minimum absolute atomic E-state index is 0.323. The Balaban J connectivity index is 2.24. The van der Waals surface area contributed by atoms with Crippen LogP contribution >= 0.6 is 0 Å². The van der Waals surface area contributed by atoms with Crippen LogP contribution in [0.25, 0.3) is 11.1 Å². The first-order valence-corrected chi connectivity index (χ1v) is 4.81. The first kappa shape index (κ1) is 7.85. The Hall–Kier alpha value is -1.51. The van der Waals surface area contributed by atoms with Gasteiger partial charge < -0.3 is 4.42 Å². The zero-order valence-electron chi connectivity index (χ0n) is 7.96. The van der Waals surface area contributed by atoms with E-state index in [1.54, 1.807) is 0 Å². The smallest absolute Gasteiger partial charge is 0.408 e. The molecule has 1 saturated carbocycles. The fraction of sp³-hybridized carbons (Fsp3) is 0.364. The molecule has 1 heterocycles. The Morgan fingerprint density at radius 2 is 2.21 bits per heavy atom. The number of hydrogen-bond acceptors (Lipinski definition) is 2. The second-order valence-corrected chi connectivity index (χ2v) is 4.29. The van der Waals surface area contributed by atoms with E-state index in [0.717, 1.165) is 5.52 Å². The van der Waals surface area contributed by atoms with Crippen LogP contribution in [0.3, 0.4) is 0 Å². The van der Waals surface area contributed by atoms with Crippen molar-refractivity contribution in [1.29, 1.82) is 0 Å². The van der Waals surface area contributed by atoms with Crippen molar-refractivity contribution >= 4 is 11.1 Å². The van der Waals surface area contributed by atoms with Gasteiger partial charge >= 0.3 is 5.76 Å². The minimum atomic E-state index is -0.377. The molecular formula is C11H11NO2. The molecule has 3 heteroatoms. The topological polar surface area (TPSA) is 46.0 Å². The van der Waals surface area contributed by atoms with Crippen LogP contribution in [-0.2, 0) is 5.41 Å². The Morgan fingerprint density at radius 3 is 2.93 bits per heavy atom. The van der Waals surface area contributed by atoms with Crippen LogP contribution in [0.2, 0.25) is 0 Å². The molecular weight excluding hydrogens is 178 g/mol. The summed E-state index contributed by atoms with van der Waals surface area (Å²) in [5.41, 5.74) is 3.04. The van der Waals surface area contributed by atoms with E-state index in [1.165, 1.54) is 18.4 Å². The molecule has 0 saturated heterocycles. The van der Waals surface area contributed by atoms with E-state index in [0.29, 0.717) is 11.0 Å². The first-order valence-electron chi connectivity index (χ1n) is 4.81. The molecule has 2 aromatic rings. The lowest BCUT2D eigenvalue weighted by atomic mass is 9.98. The van der Waals surface area contributed by atoms with Crippen LogP contribution in [0.5, 0.6) is 0 Å². The van der Waals surface area contributed by atoms with E-state index in [2.05, 4.69) is 18.0 Å². The van der Waals surface area contributed by atoms with Crippen LogP contribution in [0.15, 0.2) is 27.4 Å². The average Bonchev–Trinajstić information content (AvgIpc) is 2.79. The van der Waals surface area contributed by atoms with Crippen LogP contribution in [0, 0.1) is 0 Å². The zero-order valence-corrected chi connectivity index (χ0v) is 7.96. The summed E-state index contributed by atoms with van der Waals surface area (Å²) in [5.74, 6) is -0.377. The van der Waals surface area contributed by atoms with Crippen molar-refractivity contribution in [2.24, 2.45) is 0 Å². The van der Waals surface area contributed by atoms with Gasteiger partial charge in [0, 0.05) is 0 Å². The number of nitrogens with one attached hydrogen (secondary N) is 1. The van der Waals surface area contributed by atoms with Gasteiger partial charge in [-0.3, -0.25) is 4.98 Å². The summed E-state index contributed by atoms with van der Waals surface area (Å²) in [7, 11) is 0. The van der Waals surface area contributed by atoms with Gasteiger partial charge in [0.1, 0.15) is 0 Å². The lowest BCUT2D eigenvalue weighted by molar-refractivity contribution is 0.554. The highest BCUT2D eigenvalue weighted by Gasteiger charge is 2.39. The maximum Gasteiger partial charge on any atom is 0.417 e. The largest absolute Gasteiger partial charge is 0.417 e. The maximum absolute atomic E-state index is 10.9. The van der Waals surface area contributed by atoms with Gasteiger partial charge in [-0.05, 0) is 36.0 Å². The van der Waals surface area contributed by atoms with Crippen molar-refractivity contribution in [2.45, 2.75) is 25.2 Å². The first-order chi connectivity index (χ1) is 6.67. The quantitative estimate of drug-likeness (QED) is 0.747. The van der Waals surface area contributed by atoms with Crippen molar-refractivity contribution in [3.05, 3.63) is 34.3 Å². The lowest BCUT2D eigenvalue weighted by Gasteiger charge is -2.06. The molecule has 0 spiro atoms. The summed E-state index contributed by atoms with van der Waals surface area (Å²) < 4.78 is 5.02. The standard InChI is InChI=1S/C11H11NO2/c1-11(4-5-11)7-2-3-8-9(6-7)14-10(13)12-8/h2-3,6H,4-5H2,1H3,(H,12,13).